The van der Waals surface area contributed by atoms with Crippen molar-refractivity contribution in [3.8, 4) is 0 Å². The van der Waals surface area contributed by atoms with E-state index in [2.05, 4.69) is 15.2 Å². The molecule has 1 aromatic heterocycles. The number of aromatic amines is 1. The number of nitrogens with two attached hydrogens (primary N) is 1. The smallest absolute Gasteiger partial charge is 0.225 e. The van der Waals surface area contributed by atoms with Gasteiger partial charge in [-0.1, -0.05) is 0 Å². The Morgan fingerprint density at radius 1 is 1.37 bits per heavy atom. The van der Waals surface area contributed by atoms with Crippen molar-refractivity contribution in [1.82, 2.24) is 20.1 Å². The average molecular weight is 263 g/mol. The second kappa shape index (κ2) is 4.32. The summed E-state index contributed by atoms with van der Waals surface area (Å²) < 4.78 is 0. The van der Waals surface area contributed by atoms with E-state index in [0.717, 1.165) is 12.8 Å². The fourth-order valence-electron chi connectivity index (χ4n) is 2.65. The summed E-state index contributed by atoms with van der Waals surface area (Å²) in [5.41, 5.74) is 5.44. The number of amides is 2. The zero-order valence-corrected chi connectivity index (χ0v) is 10.8. The van der Waals surface area contributed by atoms with Crippen molar-refractivity contribution in [3.05, 3.63) is 11.6 Å². The van der Waals surface area contributed by atoms with E-state index in [9.17, 15) is 9.59 Å². The maximum Gasteiger partial charge on any atom is 0.225 e. The topological polar surface area (TPSA) is 105 Å². The van der Waals surface area contributed by atoms with Crippen LogP contribution in [-0.4, -0.2) is 45.0 Å². The van der Waals surface area contributed by atoms with Gasteiger partial charge < -0.3 is 10.6 Å². The average Bonchev–Trinajstić information content (AvgIpc) is 2.96. The minimum atomic E-state index is -0.391. The summed E-state index contributed by atoms with van der Waals surface area (Å²) in [6.07, 6.45) is 1.92. The summed E-state index contributed by atoms with van der Waals surface area (Å²) in [4.78, 5) is 29.7. The number of nitrogens with one attached hydrogen (secondary N) is 1. The lowest BCUT2D eigenvalue weighted by Gasteiger charge is -2.15. The molecule has 0 radical (unpaired) electrons. The number of primary amides is 1. The van der Waals surface area contributed by atoms with Gasteiger partial charge in [-0.15, -0.1) is 0 Å². The highest BCUT2D eigenvalue weighted by Gasteiger charge is 2.44. The lowest BCUT2D eigenvalue weighted by molar-refractivity contribution is -0.131. The standard InChI is InChI=1S/C12H17N5O2/c1-6-14-11(16-15-6)9-5-17(4-8(9)10(13)18)12(19)7-2-3-7/h7-9H,2-5H2,1H3,(H2,13,18)(H,14,15,16). The first-order chi connectivity index (χ1) is 9.06. The Bertz CT molecular complexity index is 522. The van der Waals surface area contributed by atoms with Crippen LogP contribution in [0.4, 0.5) is 0 Å². The molecular formula is C12H17N5O2. The molecule has 102 valence electrons. The number of hydrogen-bond donors (Lipinski definition) is 2. The molecule has 7 heteroatoms. The van der Waals surface area contributed by atoms with Crippen LogP contribution in [-0.2, 0) is 9.59 Å². The lowest BCUT2D eigenvalue weighted by atomic mass is 9.95. The second-order valence-electron chi connectivity index (χ2n) is 5.41. The summed E-state index contributed by atoms with van der Waals surface area (Å²) in [6, 6.07) is 0. The second-order valence-corrected chi connectivity index (χ2v) is 5.41. The highest BCUT2D eigenvalue weighted by atomic mass is 16.2. The number of carbonyl (C=O) groups excluding carboxylic acids is 2. The maximum atomic E-state index is 12.1. The minimum Gasteiger partial charge on any atom is -0.369 e. The zero-order chi connectivity index (χ0) is 13.6. The normalized spacial score (nSPS) is 26.7. The minimum absolute atomic E-state index is 0.140. The number of nitrogens with zero attached hydrogens (tertiary/aromatic N) is 3. The fourth-order valence-corrected chi connectivity index (χ4v) is 2.65. The van der Waals surface area contributed by atoms with Gasteiger partial charge in [-0.2, -0.15) is 5.10 Å². The van der Waals surface area contributed by atoms with Crippen molar-refractivity contribution in [2.24, 2.45) is 17.6 Å². The maximum absolute atomic E-state index is 12.1. The van der Waals surface area contributed by atoms with Gasteiger partial charge in [-0.25, -0.2) is 4.98 Å². The van der Waals surface area contributed by atoms with Gasteiger partial charge in [0.15, 0.2) is 5.82 Å². The lowest BCUT2D eigenvalue weighted by Crippen LogP contribution is -2.32. The third-order valence-corrected chi connectivity index (χ3v) is 3.87. The first-order valence-corrected chi connectivity index (χ1v) is 6.53. The summed E-state index contributed by atoms with van der Waals surface area (Å²) in [7, 11) is 0. The number of carbonyl (C=O) groups is 2. The molecule has 2 atom stereocenters. The monoisotopic (exact) mass is 263 g/mol. The molecule has 2 amide bonds. The molecule has 1 aliphatic heterocycles. The molecule has 1 saturated heterocycles. The third kappa shape index (κ3) is 2.20. The third-order valence-electron chi connectivity index (χ3n) is 3.87. The summed E-state index contributed by atoms with van der Waals surface area (Å²) >= 11 is 0. The van der Waals surface area contributed by atoms with Crippen LogP contribution in [0.3, 0.4) is 0 Å². The Morgan fingerprint density at radius 3 is 2.63 bits per heavy atom. The van der Waals surface area contributed by atoms with Crippen molar-refractivity contribution in [2.45, 2.75) is 25.7 Å². The molecule has 2 fully saturated rings. The van der Waals surface area contributed by atoms with E-state index in [-0.39, 0.29) is 17.7 Å². The van der Waals surface area contributed by atoms with E-state index in [1.165, 1.54) is 0 Å². The van der Waals surface area contributed by atoms with E-state index in [0.29, 0.717) is 24.7 Å². The Hall–Kier alpha value is -1.92. The predicted octanol–water partition coefficient (Wildman–Crippen LogP) is -0.450. The quantitative estimate of drug-likeness (QED) is 0.770. The van der Waals surface area contributed by atoms with E-state index < -0.39 is 11.8 Å². The van der Waals surface area contributed by atoms with Gasteiger partial charge in [0.2, 0.25) is 11.8 Å². The van der Waals surface area contributed by atoms with Crippen LogP contribution >= 0.6 is 0 Å². The molecular weight excluding hydrogens is 246 g/mol. The van der Waals surface area contributed by atoms with Crippen molar-refractivity contribution in [3.63, 3.8) is 0 Å². The number of aromatic nitrogens is 3. The largest absolute Gasteiger partial charge is 0.369 e. The van der Waals surface area contributed by atoms with Gasteiger partial charge in [0.05, 0.1) is 11.8 Å². The highest BCUT2D eigenvalue weighted by molar-refractivity contribution is 5.84. The molecule has 2 unspecified atom stereocenters. The van der Waals surface area contributed by atoms with Gasteiger partial charge in [-0.05, 0) is 19.8 Å². The molecule has 1 aliphatic carbocycles. The van der Waals surface area contributed by atoms with Crippen LogP contribution in [0.1, 0.15) is 30.4 Å². The van der Waals surface area contributed by atoms with Crippen LogP contribution < -0.4 is 5.73 Å². The highest BCUT2D eigenvalue weighted by Crippen LogP contribution is 2.36. The Morgan fingerprint density at radius 2 is 2.11 bits per heavy atom. The fraction of sp³-hybridized carbons (Fsp3) is 0.667. The first kappa shape index (κ1) is 12.1. The zero-order valence-electron chi connectivity index (χ0n) is 10.8. The number of rotatable bonds is 3. The predicted molar refractivity (Wildman–Crippen MR) is 65.8 cm³/mol. The van der Waals surface area contributed by atoms with Gasteiger partial charge >= 0.3 is 0 Å². The molecule has 7 nitrogen and oxygen atoms in total. The Kier molecular flexibility index (Phi) is 2.76. The Labute approximate surface area is 110 Å². The van der Waals surface area contributed by atoms with E-state index in [1.807, 2.05) is 0 Å². The molecule has 3 N–H and O–H groups in total. The Balaban J connectivity index is 1.81. The molecule has 2 aliphatic rings. The summed E-state index contributed by atoms with van der Waals surface area (Å²) in [5, 5.41) is 6.87. The number of aryl methyl sites for hydroxylation is 1. The van der Waals surface area contributed by atoms with Crippen LogP contribution in [0, 0.1) is 18.8 Å². The van der Waals surface area contributed by atoms with Crippen LogP contribution in [0.5, 0.6) is 0 Å². The molecule has 0 aromatic carbocycles. The van der Waals surface area contributed by atoms with Gasteiger partial charge in [0, 0.05) is 19.0 Å². The number of H-pyrrole nitrogens is 1. The number of hydrogen-bond acceptors (Lipinski definition) is 4. The van der Waals surface area contributed by atoms with Crippen molar-refractivity contribution >= 4 is 11.8 Å². The molecule has 2 heterocycles. The van der Waals surface area contributed by atoms with Crippen molar-refractivity contribution in [2.75, 3.05) is 13.1 Å². The number of likely N-dealkylation sites (tertiary alicyclic amines) is 1. The molecule has 19 heavy (non-hydrogen) atoms. The van der Waals surface area contributed by atoms with E-state index >= 15 is 0 Å². The summed E-state index contributed by atoms with van der Waals surface area (Å²) in [5.74, 6) is 0.598. The van der Waals surface area contributed by atoms with Gasteiger partial charge in [0.1, 0.15) is 5.82 Å². The first-order valence-electron chi connectivity index (χ1n) is 6.53. The van der Waals surface area contributed by atoms with Crippen molar-refractivity contribution < 1.29 is 9.59 Å². The molecule has 3 rings (SSSR count). The van der Waals surface area contributed by atoms with E-state index in [1.54, 1.807) is 11.8 Å². The van der Waals surface area contributed by atoms with E-state index in [4.69, 9.17) is 5.73 Å². The SMILES string of the molecule is Cc1nc(C2CN(C(=O)C3CC3)CC2C(N)=O)n[nH]1. The van der Waals surface area contributed by atoms with Crippen LogP contribution in [0.25, 0.3) is 0 Å². The van der Waals surface area contributed by atoms with Crippen molar-refractivity contribution in [1.29, 1.82) is 0 Å². The van der Waals surface area contributed by atoms with Crippen LogP contribution in [0.2, 0.25) is 0 Å². The molecule has 1 aromatic rings. The van der Waals surface area contributed by atoms with Gasteiger partial charge in [-0.3, -0.25) is 14.7 Å². The van der Waals surface area contributed by atoms with Crippen LogP contribution in [0.15, 0.2) is 0 Å². The summed E-state index contributed by atoms with van der Waals surface area (Å²) in [6.45, 7) is 2.68. The molecule has 1 saturated carbocycles. The molecule has 0 bridgehead atoms. The molecule has 0 spiro atoms. The van der Waals surface area contributed by atoms with Gasteiger partial charge in [0.25, 0.3) is 0 Å².